The van der Waals surface area contributed by atoms with Gasteiger partial charge in [0.15, 0.2) is 0 Å². The second-order valence-corrected chi connectivity index (χ2v) is 8.96. The minimum absolute atomic E-state index is 0.0753. The molecule has 0 saturated heterocycles. The van der Waals surface area contributed by atoms with E-state index in [1.54, 1.807) is 40.3 Å². The number of rotatable bonds is 6. The molecule has 1 N–H and O–H groups in total. The molecule has 1 aromatic carbocycles. The van der Waals surface area contributed by atoms with Gasteiger partial charge in [-0.15, -0.1) is 0 Å². The summed E-state index contributed by atoms with van der Waals surface area (Å²) in [6, 6.07) is 5.85. The van der Waals surface area contributed by atoms with Gasteiger partial charge >= 0.3 is 0 Å². The van der Waals surface area contributed by atoms with Crippen molar-refractivity contribution in [2.24, 2.45) is 7.05 Å². The SMILES string of the molecule is C[C@@H](c1ccc(F)cc1)N1C(=O)C(C)(C)c2cnc(Nc3cnn(Cc4nccn4C)c3)nc21. The molecule has 1 amide bonds. The van der Waals surface area contributed by atoms with Crippen molar-refractivity contribution in [2.45, 2.75) is 38.8 Å². The Morgan fingerprint density at radius 2 is 1.91 bits per heavy atom. The van der Waals surface area contributed by atoms with Crippen LogP contribution in [0, 0.1) is 5.82 Å². The van der Waals surface area contributed by atoms with E-state index in [0.29, 0.717) is 18.3 Å². The topological polar surface area (TPSA) is 93.8 Å². The van der Waals surface area contributed by atoms with E-state index < -0.39 is 5.41 Å². The summed E-state index contributed by atoms with van der Waals surface area (Å²) in [6.45, 7) is 6.17. The summed E-state index contributed by atoms with van der Waals surface area (Å²) in [5.41, 5.74) is 1.52. The number of nitrogens with one attached hydrogen (secondary N) is 1. The van der Waals surface area contributed by atoms with E-state index in [2.05, 4.69) is 20.4 Å². The second kappa shape index (κ2) is 8.05. The first kappa shape index (κ1) is 21.7. The van der Waals surface area contributed by atoms with E-state index in [4.69, 9.17) is 4.98 Å². The molecule has 0 spiro atoms. The zero-order valence-corrected chi connectivity index (χ0v) is 19.4. The fourth-order valence-electron chi connectivity index (χ4n) is 4.16. The van der Waals surface area contributed by atoms with Crippen LogP contribution in [0.3, 0.4) is 0 Å². The highest BCUT2D eigenvalue weighted by molar-refractivity contribution is 6.07. The number of aryl methyl sites for hydroxylation is 1. The summed E-state index contributed by atoms with van der Waals surface area (Å²) in [7, 11) is 1.94. The highest BCUT2D eigenvalue weighted by atomic mass is 19.1. The Bertz CT molecular complexity index is 1360. The van der Waals surface area contributed by atoms with Crippen LogP contribution in [0.25, 0.3) is 0 Å². The molecule has 0 radical (unpaired) electrons. The number of hydrogen-bond acceptors (Lipinski definition) is 6. The smallest absolute Gasteiger partial charge is 0.239 e. The lowest BCUT2D eigenvalue weighted by Crippen LogP contribution is -2.38. The van der Waals surface area contributed by atoms with Crippen molar-refractivity contribution in [3.63, 3.8) is 0 Å². The fourth-order valence-corrected chi connectivity index (χ4v) is 4.16. The quantitative estimate of drug-likeness (QED) is 0.471. The zero-order valence-electron chi connectivity index (χ0n) is 19.4. The molecule has 9 nitrogen and oxygen atoms in total. The summed E-state index contributed by atoms with van der Waals surface area (Å²) in [6.07, 6.45) is 8.86. The lowest BCUT2D eigenvalue weighted by Gasteiger charge is -2.26. The largest absolute Gasteiger partial charge is 0.336 e. The molecule has 0 unspecified atom stereocenters. The summed E-state index contributed by atoms with van der Waals surface area (Å²) >= 11 is 0. The van der Waals surface area contributed by atoms with E-state index in [0.717, 1.165) is 22.6 Å². The average Bonchev–Trinajstić information content (AvgIpc) is 3.47. The molecule has 3 aromatic heterocycles. The van der Waals surface area contributed by atoms with Crippen LogP contribution in [-0.2, 0) is 23.8 Å². The summed E-state index contributed by atoms with van der Waals surface area (Å²) in [5.74, 6) is 1.40. The number of anilines is 3. The van der Waals surface area contributed by atoms with E-state index >= 15 is 0 Å². The number of fused-ring (bicyclic) bond motifs is 1. The third kappa shape index (κ3) is 3.70. The van der Waals surface area contributed by atoms with Gasteiger partial charge in [0.25, 0.3) is 0 Å². The minimum Gasteiger partial charge on any atom is -0.336 e. The van der Waals surface area contributed by atoms with Gasteiger partial charge in [-0.1, -0.05) is 12.1 Å². The van der Waals surface area contributed by atoms with E-state index in [1.165, 1.54) is 12.1 Å². The Labute approximate surface area is 196 Å². The van der Waals surface area contributed by atoms with Gasteiger partial charge in [-0.3, -0.25) is 14.4 Å². The van der Waals surface area contributed by atoms with Crippen molar-refractivity contribution < 1.29 is 9.18 Å². The molecule has 0 saturated carbocycles. The van der Waals surface area contributed by atoms with E-state index in [-0.39, 0.29) is 17.8 Å². The minimum atomic E-state index is -0.769. The number of hydrogen-bond donors (Lipinski definition) is 1. The van der Waals surface area contributed by atoms with E-state index in [1.807, 2.05) is 44.8 Å². The molecule has 4 aromatic rings. The van der Waals surface area contributed by atoms with Crippen LogP contribution < -0.4 is 10.2 Å². The molecular weight excluding hydrogens is 435 g/mol. The third-order valence-electron chi connectivity index (χ3n) is 6.28. The fraction of sp³-hybridized carbons (Fsp3) is 0.292. The lowest BCUT2D eigenvalue weighted by molar-refractivity contribution is -0.122. The maximum absolute atomic E-state index is 13.4. The van der Waals surface area contributed by atoms with Gasteiger partial charge in [0.1, 0.15) is 17.5 Å². The van der Waals surface area contributed by atoms with Crippen LogP contribution in [0.4, 0.5) is 21.8 Å². The lowest BCUT2D eigenvalue weighted by atomic mass is 9.88. The number of nitrogens with zero attached hydrogens (tertiary/aromatic N) is 7. The maximum Gasteiger partial charge on any atom is 0.239 e. The normalized spacial score (nSPS) is 15.4. The molecule has 0 bridgehead atoms. The first-order chi connectivity index (χ1) is 16.2. The van der Waals surface area contributed by atoms with Gasteiger partial charge in [0.05, 0.1) is 29.9 Å². The summed E-state index contributed by atoms with van der Waals surface area (Å²) in [4.78, 5) is 28.5. The van der Waals surface area contributed by atoms with Crippen molar-refractivity contribution >= 4 is 23.4 Å². The number of halogens is 1. The van der Waals surface area contributed by atoms with Crippen molar-refractivity contribution in [1.29, 1.82) is 0 Å². The Hall–Kier alpha value is -4.08. The highest BCUT2D eigenvalue weighted by Crippen LogP contribution is 2.44. The van der Waals surface area contributed by atoms with Gasteiger partial charge < -0.3 is 9.88 Å². The van der Waals surface area contributed by atoms with Crippen LogP contribution in [0.5, 0.6) is 0 Å². The number of benzene rings is 1. The van der Waals surface area contributed by atoms with Gasteiger partial charge in [-0.05, 0) is 38.5 Å². The molecular formula is C24H25FN8O. The Morgan fingerprint density at radius 1 is 1.15 bits per heavy atom. The highest BCUT2D eigenvalue weighted by Gasteiger charge is 2.47. The van der Waals surface area contributed by atoms with Crippen LogP contribution in [0.2, 0.25) is 0 Å². The Kier molecular flexibility index (Phi) is 5.15. The van der Waals surface area contributed by atoms with Gasteiger partial charge in [0.2, 0.25) is 11.9 Å². The van der Waals surface area contributed by atoms with Crippen LogP contribution in [-0.4, -0.2) is 35.2 Å². The Morgan fingerprint density at radius 3 is 2.62 bits per heavy atom. The molecule has 4 heterocycles. The van der Waals surface area contributed by atoms with Crippen molar-refractivity contribution in [3.05, 3.63) is 78.0 Å². The number of aromatic nitrogens is 6. The predicted molar refractivity (Wildman–Crippen MR) is 125 cm³/mol. The average molecular weight is 461 g/mol. The molecule has 1 aliphatic heterocycles. The zero-order chi connectivity index (χ0) is 24.0. The molecule has 34 heavy (non-hydrogen) atoms. The summed E-state index contributed by atoms with van der Waals surface area (Å²) < 4.78 is 17.1. The predicted octanol–water partition coefficient (Wildman–Crippen LogP) is 3.72. The Balaban J connectivity index is 1.42. The molecule has 0 fully saturated rings. The molecule has 174 valence electrons. The first-order valence-electron chi connectivity index (χ1n) is 11.0. The first-order valence-corrected chi connectivity index (χ1v) is 11.0. The van der Waals surface area contributed by atoms with Crippen molar-refractivity contribution in [3.8, 4) is 0 Å². The summed E-state index contributed by atoms with van der Waals surface area (Å²) in [5, 5.41) is 7.55. The van der Waals surface area contributed by atoms with Crippen molar-refractivity contribution in [1.82, 2.24) is 29.3 Å². The number of amides is 1. The number of carbonyl (C=O) groups is 1. The third-order valence-corrected chi connectivity index (χ3v) is 6.28. The molecule has 1 atom stereocenters. The molecule has 5 rings (SSSR count). The monoisotopic (exact) mass is 460 g/mol. The van der Waals surface area contributed by atoms with Gasteiger partial charge in [0, 0.05) is 37.4 Å². The van der Waals surface area contributed by atoms with Crippen LogP contribution >= 0.6 is 0 Å². The van der Waals surface area contributed by atoms with Crippen molar-refractivity contribution in [2.75, 3.05) is 10.2 Å². The second-order valence-electron chi connectivity index (χ2n) is 8.96. The number of imidazole rings is 1. The molecule has 1 aliphatic rings. The maximum atomic E-state index is 13.4. The van der Waals surface area contributed by atoms with Crippen LogP contribution in [0.15, 0.2) is 55.2 Å². The molecule has 10 heteroatoms. The molecule has 0 aliphatic carbocycles. The van der Waals surface area contributed by atoms with Gasteiger partial charge in [-0.25, -0.2) is 14.4 Å². The van der Waals surface area contributed by atoms with E-state index in [9.17, 15) is 9.18 Å². The number of carbonyl (C=O) groups excluding carboxylic acids is 1. The standard InChI is InChI=1S/C24H25FN8O/c1-15(16-5-7-17(25)8-6-16)33-21-19(24(2,3)22(33)34)12-27-23(30-21)29-18-11-28-32(13-18)14-20-26-9-10-31(20)4/h5-13,15H,14H2,1-4H3,(H,27,29,30)/t15-/m0/s1. The van der Waals surface area contributed by atoms with Gasteiger partial charge in [-0.2, -0.15) is 10.1 Å². The van der Waals surface area contributed by atoms with Crippen LogP contribution in [0.1, 0.15) is 43.8 Å².